The second-order valence-corrected chi connectivity index (χ2v) is 5.73. The molecule has 0 saturated carbocycles. The molecule has 1 N–H and O–H groups in total. The average molecular weight is 307 g/mol. The van der Waals surface area contributed by atoms with E-state index in [1.165, 1.54) is 6.08 Å². The number of anilines is 1. The maximum Gasteiger partial charge on any atom is 0.256 e. The third-order valence-electron chi connectivity index (χ3n) is 3.13. The summed E-state index contributed by atoms with van der Waals surface area (Å²) in [5.41, 5.74) is 1.24. The first kappa shape index (κ1) is 14.2. The van der Waals surface area contributed by atoms with E-state index in [2.05, 4.69) is 5.32 Å². The van der Waals surface area contributed by atoms with Gasteiger partial charge in [0.05, 0.1) is 0 Å². The summed E-state index contributed by atoms with van der Waals surface area (Å²) in [6.07, 6.45) is 3.14. The van der Waals surface area contributed by atoms with Crippen molar-refractivity contribution in [1.29, 1.82) is 0 Å². The Balaban J connectivity index is 1.81. The number of nitrogens with one attached hydrogen (secondary N) is 1. The van der Waals surface area contributed by atoms with Crippen molar-refractivity contribution in [2.45, 2.75) is 0 Å². The van der Waals surface area contributed by atoms with Crippen LogP contribution in [0, 0.1) is 0 Å². The van der Waals surface area contributed by atoms with Gasteiger partial charge in [-0.3, -0.25) is 9.59 Å². The van der Waals surface area contributed by atoms with E-state index in [0.717, 1.165) is 27.0 Å². The van der Waals surface area contributed by atoms with Gasteiger partial charge >= 0.3 is 0 Å². The van der Waals surface area contributed by atoms with Crippen LogP contribution in [0.15, 0.2) is 71.5 Å². The van der Waals surface area contributed by atoms with Crippen molar-refractivity contribution >= 4 is 39.1 Å². The predicted octanol–water partition coefficient (Wildman–Crippen LogP) is 3.91. The second kappa shape index (κ2) is 6.37. The van der Waals surface area contributed by atoms with Gasteiger partial charge in [0.1, 0.15) is 5.69 Å². The lowest BCUT2D eigenvalue weighted by atomic mass is 10.2. The highest BCUT2D eigenvalue weighted by Crippen LogP contribution is 2.19. The van der Waals surface area contributed by atoms with Crippen molar-refractivity contribution in [2.24, 2.45) is 0 Å². The summed E-state index contributed by atoms with van der Waals surface area (Å²) < 4.78 is 0.755. The van der Waals surface area contributed by atoms with E-state index in [1.54, 1.807) is 12.1 Å². The van der Waals surface area contributed by atoms with Gasteiger partial charge in [-0.05, 0) is 29.2 Å². The van der Waals surface area contributed by atoms with Gasteiger partial charge in [0.25, 0.3) is 4.74 Å². The zero-order chi connectivity index (χ0) is 15.4. The topological polar surface area (TPSA) is 46.2 Å². The molecule has 1 amide bonds. The molecule has 0 saturated heterocycles. The largest absolute Gasteiger partial charge is 0.318 e. The molecule has 0 bridgehead atoms. The van der Waals surface area contributed by atoms with E-state index >= 15 is 0 Å². The van der Waals surface area contributed by atoms with Gasteiger partial charge in [-0.25, -0.2) is 0 Å². The smallest absolute Gasteiger partial charge is 0.256 e. The first-order valence-corrected chi connectivity index (χ1v) is 7.61. The predicted molar refractivity (Wildman–Crippen MR) is 92.2 cm³/mol. The summed E-state index contributed by atoms with van der Waals surface area (Å²) in [6, 6.07) is 18.8. The summed E-state index contributed by atoms with van der Waals surface area (Å²) in [7, 11) is 0. The molecule has 0 aliphatic heterocycles. The van der Waals surface area contributed by atoms with Crippen LogP contribution in [0.4, 0.5) is 5.69 Å². The molecule has 0 fully saturated rings. The molecular weight excluding hydrogens is 294 g/mol. The third-order valence-corrected chi connectivity index (χ3v) is 4.12. The van der Waals surface area contributed by atoms with Gasteiger partial charge in [-0.2, -0.15) is 0 Å². The minimum atomic E-state index is -0.316. The van der Waals surface area contributed by atoms with Crippen molar-refractivity contribution in [2.75, 3.05) is 5.32 Å². The van der Waals surface area contributed by atoms with Gasteiger partial charge in [0, 0.05) is 10.8 Å². The van der Waals surface area contributed by atoms with Crippen LogP contribution in [0.2, 0.25) is 0 Å². The molecule has 3 nitrogen and oxygen atoms in total. The van der Waals surface area contributed by atoms with Crippen LogP contribution < -0.4 is 10.1 Å². The van der Waals surface area contributed by atoms with Crippen molar-refractivity contribution in [3.8, 4) is 0 Å². The van der Waals surface area contributed by atoms with Gasteiger partial charge in [0.15, 0.2) is 0 Å². The highest BCUT2D eigenvalue weighted by molar-refractivity contribution is 7.16. The average Bonchev–Trinajstić information content (AvgIpc) is 2.55. The first-order chi connectivity index (χ1) is 10.7. The Labute approximate surface area is 131 Å². The van der Waals surface area contributed by atoms with Crippen LogP contribution >= 0.6 is 11.3 Å². The normalized spacial score (nSPS) is 10.9. The SMILES string of the molecule is O=C(C=Cc1ccccc1)Nc1cc2ccccc2sc1=O. The van der Waals surface area contributed by atoms with Crippen molar-refractivity contribution in [1.82, 2.24) is 0 Å². The molecule has 0 unspecified atom stereocenters. The van der Waals surface area contributed by atoms with Gasteiger partial charge < -0.3 is 5.32 Å². The Morgan fingerprint density at radius 3 is 2.55 bits per heavy atom. The Kier molecular flexibility index (Phi) is 4.12. The molecule has 1 heterocycles. The molecule has 0 spiro atoms. The number of fused-ring (bicyclic) bond motifs is 1. The van der Waals surface area contributed by atoms with E-state index in [4.69, 9.17) is 0 Å². The fourth-order valence-corrected chi connectivity index (χ4v) is 2.87. The number of benzene rings is 2. The molecule has 0 atom stereocenters. The molecule has 2 aromatic carbocycles. The van der Waals surface area contributed by atoms with E-state index in [-0.39, 0.29) is 10.6 Å². The fraction of sp³-hybridized carbons (Fsp3) is 0. The Morgan fingerprint density at radius 2 is 1.73 bits per heavy atom. The van der Waals surface area contributed by atoms with Crippen LogP contribution in [0.1, 0.15) is 5.56 Å². The van der Waals surface area contributed by atoms with E-state index in [0.29, 0.717) is 5.69 Å². The van der Waals surface area contributed by atoms with Crippen molar-refractivity contribution < 1.29 is 4.79 Å². The summed E-state index contributed by atoms with van der Waals surface area (Å²) in [4.78, 5) is 24.0. The maximum atomic E-state index is 12.0. The molecule has 4 heteroatoms. The molecule has 22 heavy (non-hydrogen) atoms. The van der Waals surface area contributed by atoms with Crippen molar-refractivity contribution in [3.05, 3.63) is 81.8 Å². The molecule has 3 rings (SSSR count). The third kappa shape index (κ3) is 3.30. The maximum absolute atomic E-state index is 12.0. The lowest BCUT2D eigenvalue weighted by Crippen LogP contribution is -2.14. The molecule has 3 aromatic rings. The monoisotopic (exact) mass is 307 g/mol. The van der Waals surface area contributed by atoms with Crippen LogP contribution in [0.5, 0.6) is 0 Å². The zero-order valence-electron chi connectivity index (χ0n) is 11.7. The molecule has 0 radical (unpaired) electrons. The van der Waals surface area contributed by atoms with Crippen LogP contribution in [-0.2, 0) is 4.79 Å². The van der Waals surface area contributed by atoms with Gasteiger partial charge in [0.2, 0.25) is 5.91 Å². The Morgan fingerprint density at radius 1 is 1.00 bits per heavy atom. The summed E-state index contributed by atoms with van der Waals surface area (Å²) in [6.45, 7) is 0. The summed E-state index contributed by atoms with van der Waals surface area (Å²) in [5.74, 6) is -0.316. The minimum Gasteiger partial charge on any atom is -0.318 e. The minimum absolute atomic E-state index is 0.153. The van der Waals surface area contributed by atoms with Gasteiger partial charge in [-0.1, -0.05) is 59.9 Å². The van der Waals surface area contributed by atoms with E-state index in [1.807, 2.05) is 54.6 Å². The highest BCUT2D eigenvalue weighted by atomic mass is 32.1. The molecule has 108 valence electrons. The Bertz CT molecular complexity index is 898. The van der Waals surface area contributed by atoms with Crippen molar-refractivity contribution in [3.63, 3.8) is 0 Å². The molecule has 1 aromatic heterocycles. The zero-order valence-corrected chi connectivity index (χ0v) is 12.5. The number of hydrogen-bond donors (Lipinski definition) is 1. The highest BCUT2D eigenvalue weighted by Gasteiger charge is 2.05. The standard InChI is InChI=1S/C18H13NO2S/c20-17(11-10-13-6-2-1-3-7-13)19-15-12-14-8-4-5-9-16(14)22-18(15)21/h1-12H,(H,19,20). The van der Waals surface area contributed by atoms with E-state index < -0.39 is 0 Å². The number of carbonyl (C=O) groups is 1. The lowest BCUT2D eigenvalue weighted by molar-refractivity contribution is -0.111. The summed E-state index contributed by atoms with van der Waals surface area (Å²) >= 11 is 1.13. The molecular formula is C18H13NO2S. The van der Waals surface area contributed by atoms with Crippen LogP contribution in [0.25, 0.3) is 16.2 Å². The quantitative estimate of drug-likeness (QED) is 0.746. The Hall–Kier alpha value is -2.72. The molecule has 0 aliphatic rings. The fourth-order valence-electron chi connectivity index (χ4n) is 2.06. The van der Waals surface area contributed by atoms with E-state index in [9.17, 15) is 9.59 Å². The second-order valence-electron chi connectivity index (χ2n) is 4.72. The lowest BCUT2D eigenvalue weighted by Gasteiger charge is -2.02. The number of hydrogen-bond acceptors (Lipinski definition) is 3. The first-order valence-electron chi connectivity index (χ1n) is 6.79. The number of rotatable bonds is 3. The van der Waals surface area contributed by atoms with Crippen LogP contribution in [0.3, 0.4) is 0 Å². The van der Waals surface area contributed by atoms with Gasteiger partial charge in [-0.15, -0.1) is 0 Å². The summed E-state index contributed by atoms with van der Waals surface area (Å²) in [5, 5.41) is 3.58. The molecule has 0 aliphatic carbocycles. The van der Waals surface area contributed by atoms with Crippen LogP contribution in [-0.4, -0.2) is 5.91 Å². The number of carbonyl (C=O) groups excluding carboxylic acids is 1. The number of amides is 1.